The summed E-state index contributed by atoms with van der Waals surface area (Å²) < 4.78 is 16.2. The van der Waals surface area contributed by atoms with Gasteiger partial charge in [0.05, 0.1) is 25.5 Å². The predicted octanol–water partition coefficient (Wildman–Crippen LogP) is 5.56. The lowest BCUT2D eigenvalue weighted by atomic mass is 9.87. The highest BCUT2D eigenvalue weighted by Gasteiger charge is 2.45. The van der Waals surface area contributed by atoms with Crippen molar-refractivity contribution in [1.29, 1.82) is 0 Å². The van der Waals surface area contributed by atoms with Crippen molar-refractivity contribution in [2.75, 3.05) is 44.5 Å². The number of carbonyl (C=O) groups excluding carboxylic acids is 2. The first-order valence-corrected chi connectivity index (χ1v) is 13.5. The van der Waals surface area contributed by atoms with Gasteiger partial charge in [-0.05, 0) is 86.4 Å². The summed E-state index contributed by atoms with van der Waals surface area (Å²) in [6, 6.07) is 10.3. The van der Waals surface area contributed by atoms with Crippen LogP contribution in [0.15, 0.2) is 35.2 Å². The van der Waals surface area contributed by atoms with E-state index in [1.54, 1.807) is 13.2 Å². The zero-order valence-corrected chi connectivity index (χ0v) is 22.4. The highest BCUT2D eigenvalue weighted by Crippen LogP contribution is 2.52. The first-order chi connectivity index (χ1) is 17.2. The lowest BCUT2D eigenvalue weighted by Gasteiger charge is -2.39. The number of nitrogens with zero attached hydrogens (tertiary/aromatic N) is 2. The Hall–Kier alpha value is -2.87. The summed E-state index contributed by atoms with van der Waals surface area (Å²) in [6.07, 6.45) is 1.78. The minimum absolute atomic E-state index is 0.193. The van der Waals surface area contributed by atoms with Crippen molar-refractivity contribution in [2.45, 2.75) is 56.1 Å². The second kappa shape index (κ2) is 9.54. The van der Waals surface area contributed by atoms with Gasteiger partial charge in [-0.15, -0.1) is 11.8 Å². The number of hydrogen-bond donors (Lipinski definition) is 0. The number of carbonyl (C=O) groups is 2. The monoisotopic (exact) mass is 510 g/mol. The van der Waals surface area contributed by atoms with Crippen molar-refractivity contribution >= 4 is 29.5 Å². The van der Waals surface area contributed by atoms with E-state index in [1.807, 2.05) is 49.6 Å². The standard InChI is InChI=1S/C28H34N2O5S/c1-28(2,3)35-27(32)29-11-9-23-22(16-29)20-13-17(14-24-25(20)30(23)10-6-12-36-24)19-8-7-18(33-4)15-21(19)26(31)34-5/h7-8,13-15,22-23H,6,9-12,16H2,1-5H3/t22-,23-/m0/s1. The van der Waals surface area contributed by atoms with Gasteiger partial charge in [-0.3, -0.25) is 0 Å². The van der Waals surface area contributed by atoms with E-state index in [-0.39, 0.29) is 12.0 Å². The van der Waals surface area contributed by atoms with Crippen LogP contribution in [0.1, 0.15) is 55.5 Å². The second-order valence-electron chi connectivity index (χ2n) is 10.6. The number of anilines is 1. The summed E-state index contributed by atoms with van der Waals surface area (Å²) in [4.78, 5) is 31.3. The van der Waals surface area contributed by atoms with Gasteiger partial charge in [0.25, 0.3) is 0 Å². The minimum Gasteiger partial charge on any atom is -0.497 e. The maximum absolute atomic E-state index is 12.9. The van der Waals surface area contributed by atoms with Crippen LogP contribution >= 0.6 is 11.8 Å². The van der Waals surface area contributed by atoms with Crippen molar-refractivity contribution in [3.63, 3.8) is 0 Å². The average molecular weight is 511 g/mol. The van der Waals surface area contributed by atoms with E-state index < -0.39 is 11.6 Å². The highest BCUT2D eigenvalue weighted by atomic mass is 32.2. The van der Waals surface area contributed by atoms with E-state index in [0.29, 0.717) is 30.4 Å². The van der Waals surface area contributed by atoms with E-state index in [2.05, 4.69) is 17.0 Å². The zero-order chi connectivity index (χ0) is 25.6. The van der Waals surface area contributed by atoms with Crippen LogP contribution in [0.4, 0.5) is 10.5 Å². The fourth-order valence-corrected chi connectivity index (χ4v) is 6.71. The number of benzene rings is 2. The fourth-order valence-electron chi connectivity index (χ4n) is 5.64. The summed E-state index contributed by atoms with van der Waals surface area (Å²) in [5.41, 5.74) is 4.31. The Balaban J connectivity index is 1.58. The van der Waals surface area contributed by atoms with Crippen LogP contribution in [0.2, 0.25) is 0 Å². The van der Waals surface area contributed by atoms with Crippen molar-refractivity contribution in [3.05, 3.63) is 41.5 Å². The molecule has 3 heterocycles. The summed E-state index contributed by atoms with van der Waals surface area (Å²) in [5.74, 6) is 1.47. The molecule has 192 valence electrons. The Bertz CT molecular complexity index is 1190. The highest BCUT2D eigenvalue weighted by molar-refractivity contribution is 7.99. The summed E-state index contributed by atoms with van der Waals surface area (Å²) in [7, 11) is 2.98. The van der Waals surface area contributed by atoms with Crippen LogP contribution in [0.25, 0.3) is 11.1 Å². The third-order valence-electron chi connectivity index (χ3n) is 7.16. The molecule has 0 N–H and O–H groups in total. The Morgan fingerprint density at radius 3 is 2.61 bits per heavy atom. The summed E-state index contributed by atoms with van der Waals surface area (Å²) in [5, 5.41) is 0. The topological polar surface area (TPSA) is 68.3 Å². The molecule has 2 atom stereocenters. The molecule has 0 aliphatic carbocycles. The normalized spacial score (nSPS) is 20.8. The molecule has 1 fully saturated rings. The molecule has 3 aliphatic heterocycles. The molecule has 0 unspecified atom stereocenters. The molecule has 0 saturated carbocycles. The quantitative estimate of drug-likeness (QED) is 0.501. The molecule has 0 radical (unpaired) electrons. The maximum atomic E-state index is 12.9. The van der Waals surface area contributed by atoms with Crippen molar-refractivity contribution in [3.8, 4) is 16.9 Å². The minimum atomic E-state index is -0.524. The van der Waals surface area contributed by atoms with E-state index >= 15 is 0 Å². The summed E-state index contributed by atoms with van der Waals surface area (Å²) >= 11 is 1.88. The zero-order valence-electron chi connectivity index (χ0n) is 21.6. The molecule has 2 aromatic carbocycles. The van der Waals surface area contributed by atoms with Gasteiger partial charge in [-0.2, -0.15) is 0 Å². The Labute approximate surface area is 217 Å². The van der Waals surface area contributed by atoms with E-state index in [0.717, 1.165) is 36.3 Å². The van der Waals surface area contributed by atoms with Gasteiger partial charge in [-0.1, -0.05) is 0 Å². The Morgan fingerprint density at radius 1 is 1.08 bits per heavy atom. The SMILES string of the molecule is COC(=O)c1cc(OC)ccc1-c1cc2c3c(c1)[C@@H]1CN(C(=O)OC(C)(C)C)CC[C@@H]1N3CCCS2. The van der Waals surface area contributed by atoms with E-state index in [9.17, 15) is 9.59 Å². The third-order valence-corrected chi connectivity index (χ3v) is 8.28. The van der Waals surface area contributed by atoms with Gasteiger partial charge in [0.1, 0.15) is 11.4 Å². The second-order valence-corrected chi connectivity index (χ2v) is 11.7. The molecular weight excluding hydrogens is 476 g/mol. The van der Waals surface area contributed by atoms with Gasteiger partial charge in [-0.25, -0.2) is 9.59 Å². The van der Waals surface area contributed by atoms with Crippen LogP contribution in [-0.2, 0) is 9.47 Å². The molecule has 0 aromatic heterocycles. The smallest absolute Gasteiger partial charge is 0.410 e. The van der Waals surface area contributed by atoms with Crippen LogP contribution in [0.3, 0.4) is 0 Å². The first-order valence-electron chi connectivity index (χ1n) is 12.5. The number of amides is 1. The number of hydrogen-bond acceptors (Lipinski definition) is 7. The molecule has 0 spiro atoms. The van der Waals surface area contributed by atoms with Gasteiger partial charge in [0.15, 0.2) is 0 Å². The number of methoxy groups -OCH3 is 2. The molecule has 3 aliphatic rings. The molecule has 1 amide bonds. The molecular formula is C28H34N2O5S. The Kier molecular flexibility index (Phi) is 6.57. The van der Waals surface area contributed by atoms with Gasteiger partial charge in [0.2, 0.25) is 0 Å². The van der Waals surface area contributed by atoms with Gasteiger partial charge < -0.3 is 24.0 Å². The predicted molar refractivity (Wildman–Crippen MR) is 141 cm³/mol. The molecule has 36 heavy (non-hydrogen) atoms. The molecule has 2 aromatic rings. The van der Waals surface area contributed by atoms with Gasteiger partial charge in [0, 0.05) is 36.5 Å². The Morgan fingerprint density at radius 2 is 1.89 bits per heavy atom. The molecule has 0 bridgehead atoms. The average Bonchev–Trinajstić information content (AvgIpc) is 3.01. The molecule has 5 rings (SSSR count). The van der Waals surface area contributed by atoms with Crippen LogP contribution in [-0.4, -0.2) is 68.2 Å². The number of fused-ring (bicyclic) bond motifs is 3. The van der Waals surface area contributed by atoms with Gasteiger partial charge >= 0.3 is 12.1 Å². The maximum Gasteiger partial charge on any atom is 0.410 e. The van der Waals surface area contributed by atoms with E-state index in [1.165, 1.54) is 23.3 Å². The number of piperidine rings is 1. The van der Waals surface area contributed by atoms with Crippen molar-refractivity contribution in [2.24, 2.45) is 0 Å². The number of likely N-dealkylation sites (tertiary alicyclic amines) is 1. The fraction of sp³-hybridized carbons (Fsp3) is 0.500. The first kappa shape index (κ1) is 24.8. The van der Waals surface area contributed by atoms with Crippen molar-refractivity contribution in [1.82, 2.24) is 4.90 Å². The number of esters is 1. The lowest BCUT2D eigenvalue weighted by molar-refractivity contribution is 0.0189. The summed E-state index contributed by atoms with van der Waals surface area (Å²) in [6.45, 7) is 8.05. The van der Waals surface area contributed by atoms with Crippen LogP contribution in [0, 0.1) is 0 Å². The molecule has 8 heteroatoms. The molecule has 7 nitrogen and oxygen atoms in total. The largest absolute Gasteiger partial charge is 0.497 e. The third kappa shape index (κ3) is 4.51. The van der Waals surface area contributed by atoms with Crippen LogP contribution < -0.4 is 9.64 Å². The van der Waals surface area contributed by atoms with Crippen LogP contribution in [0.5, 0.6) is 5.75 Å². The lowest BCUT2D eigenvalue weighted by Crippen LogP contribution is -2.49. The number of ether oxygens (including phenoxy) is 3. The van der Waals surface area contributed by atoms with Crippen molar-refractivity contribution < 1.29 is 23.8 Å². The number of thioether (sulfide) groups is 1. The van der Waals surface area contributed by atoms with E-state index in [4.69, 9.17) is 14.2 Å². The number of rotatable bonds is 3. The molecule has 1 saturated heterocycles.